The number of allylic oxidation sites excluding steroid dienone is 1. The Morgan fingerprint density at radius 2 is 0.962 bits per heavy atom. The van der Waals surface area contributed by atoms with Crippen molar-refractivity contribution in [2.45, 2.75) is 12.8 Å². The van der Waals surface area contributed by atoms with Crippen molar-refractivity contribution in [3.8, 4) is 27.9 Å². The van der Waals surface area contributed by atoms with Gasteiger partial charge in [-0.05, 0) is 118 Å². The van der Waals surface area contributed by atoms with Crippen molar-refractivity contribution < 1.29 is 0 Å². The summed E-state index contributed by atoms with van der Waals surface area (Å²) in [4.78, 5) is 2.32. The topological polar surface area (TPSA) is 8.17 Å². The fourth-order valence-electron chi connectivity index (χ4n) is 8.13. The SMILES string of the molecule is C1=Cc2c(ccc3c2c2c4ccccc4ccc2n3-c2ccc(-c3ccc(N(c4ccccc4)c4ccc(-c5ccccc5)cc4)cc3)cc2)CC1. The zero-order valence-electron chi connectivity index (χ0n) is 28.8. The molecular formula is C50H36N2. The van der Waals surface area contributed by atoms with Crippen LogP contribution < -0.4 is 4.90 Å². The fourth-order valence-corrected chi connectivity index (χ4v) is 8.13. The van der Waals surface area contributed by atoms with E-state index in [9.17, 15) is 0 Å². The van der Waals surface area contributed by atoms with Crippen LogP contribution in [0.5, 0.6) is 0 Å². The van der Waals surface area contributed by atoms with E-state index in [1.807, 2.05) is 0 Å². The Balaban J connectivity index is 1.02. The molecule has 2 nitrogen and oxygen atoms in total. The van der Waals surface area contributed by atoms with Crippen LogP contribution in [0.15, 0.2) is 188 Å². The summed E-state index contributed by atoms with van der Waals surface area (Å²) in [7, 11) is 0. The summed E-state index contributed by atoms with van der Waals surface area (Å²) in [6.45, 7) is 0. The molecule has 246 valence electrons. The minimum atomic E-state index is 1.09. The molecule has 1 aliphatic carbocycles. The molecule has 2 heteroatoms. The molecular weight excluding hydrogens is 629 g/mol. The second kappa shape index (κ2) is 12.6. The molecule has 52 heavy (non-hydrogen) atoms. The van der Waals surface area contributed by atoms with Gasteiger partial charge < -0.3 is 9.47 Å². The summed E-state index contributed by atoms with van der Waals surface area (Å²) in [5.41, 5.74) is 14.7. The molecule has 1 heterocycles. The summed E-state index contributed by atoms with van der Waals surface area (Å²) in [6, 6.07) is 66.1. The van der Waals surface area contributed by atoms with Crippen molar-refractivity contribution in [3.05, 3.63) is 199 Å². The number of benzene rings is 8. The summed E-state index contributed by atoms with van der Waals surface area (Å²) in [6.07, 6.45) is 6.87. The van der Waals surface area contributed by atoms with E-state index in [-0.39, 0.29) is 0 Å². The van der Waals surface area contributed by atoms with Crippen molar-refractivity contribution in [3.63, 3.8) is 0 Å². The highest BCUT2D eigenvalue weighted by molar-refractivity contribution is 6.23. The minimum absolute atomic E-state index is 1.09. The Morgan fingerprint density at radius 3 is 1.65 bits per heavy atom. The molecule has 0 saturated heterocycles. The number of hydrogen-bond acceptors (Lipinski definition) is 1. The zero-order valence-corrected chi connectivity index (χ0v) is 28.8. The van der Waals surface area contributed by atoms with E-state index in [1.165, 1.54) is 71.6 Å². The van der Waals surface area contributed by atoms with Crippen LogP contribution in [0, 0.1) is 0 Å². The molecule has 0 fully saturated rings. The Bertz CT molecular complexity index is 2740. The molecule has 0 unspecified atom stereocenters. The van der Waals surface area contributed by atoms with Gasteiger partial charge in [0.15, 0.2) is 0 Å². The van der Waals surface area contributed by atoms with E-state index < -0.39 is 0 Å². The quantitative estimate of drug-likeness (QED) is 0.172. The Kier molecular flexibility index (Phi) is 7.32. The number of fused-ring (bicyclic) bond motifs is 7. The maximum Gasteiger partial charge on any atom is 0.0547 e. The Labute approximate surface area is 304 Å². The molecule has 10 rings (SSSR count). The third kappa shape index (κ3) is 5.11. The molecule has 0 N–H and O–H groups in total. The van der Waals surface area contributed by atoms with Crippen molar-refractivity contribution >= 4 is 55.7 Å². The molecule has 0 aliphatic heterocycles. The first-order valence-electron chi connectivity index (χ1n) is 18.2. The highest BCUT2D eigenvalue weighted by atomic mass is 15.1. The Morgan fingerprint density at radius 1 is 0.423 bits per heavy atom. The first-order valence-corrected chi connectivity index (χ1v) is 18.2. The van der Waals surface area contributed by atoms with E-state index in [1.54, 1.807) is 0 Å². The maximum absolute atomic E-state index is 2.45. The molecule has 1 aliphatic rings. The predicted molar refractivity (Wildman–Crippen MR) is 221 cm³/mol. The first-order chi connectivity index (χ1) is 25.8. The van der Waals surface area contributed by atoms with Crippen LogP contribution in [0.2, 0.25) is 0 Å². The van der Waals surface area contributed by atoms with Gasteiger partial charge in [0.25, 0.3) is 0 Å². The molecule has 0 atom stereocenters. The summed E-state index contributed by atoms with van der Waals surface area (Å²) >= 11 is 0. The van der Waals surface area contributed by atoms with Crippen LogP contribution in [0.25, 0.3) is 66.6 Å². The Hall–Kier alpha value is -6.64. The third-order valence-electron chi connectivity index (χ3n) is 10.6. The maximum atomic E-state index is 2.45. The van der Waals surface area contributed by atoms with Crippen LogP contribution in [0.4, 0.5) is 17.1 Å². The largest absolute Gasteiger partial charge is 0.311 e. The summed E-state index contributed by atoms with van der Waals surface area (Å²) in [5.74, 6) is 0. The minimum Gasteiger partial charge on any atom is -0.311 e. The van der Waals surface area contributed by atoms with Gasteiger partial charge in [-0.25, -0.2) is 0 Å². The second-order valence-corrected chi connectivity index (χ2v) is 13.7. The molecule has 0 spiro atoms. The van der Waals surface area contributed by atoms with Crippen LogP contribution in [0.3, 0.4) is 0 Å². The summed E-state index contributed by atoms with van der Waals surface area (Å²) < 4.78 is 2.45. The van der Waals surface area contributed by atoms with Gasteiger partial charge in [0.2, 0.25) is 0 Å². The normalized spacial score (nSPS) is 12.4. The van der Waals surface area contributed by atoms with Crippen molar-refractivity contribution in [2.24, 2.45) is 0 Å². The average Bonchev–Trinajstić information content (AvgIpc) is 3.58. The highest BCUT2D eigenvalue weighted by Gasteiger charge is 2.20. The van der Waals surface area contributed by atoms with E-state index in [2.05, 4.69) is 204 Å². The lowest BCUT2D eigenvalue weighted by atomic mass is 9.92. The highest BCUT2D eigenvalue weighted by Crippen LogP contribution is 2.42. The number of aryl methyl sites for hydroxylation is 1. The monoisotopic (exact) mass is 664 g/mol. The number of anilines is 3. The predicted octanol–water partition coefficient (Wildman–Crippen LogP) is 13.7. The molecule has 9 aromatic rings. The lowest BCUT2D eigenvalue weighted by Crippen LogP contribution is -2.09. The first kappa shape index (κ1) is 30.2. The van der Waals surface area contributed by atoms with E-state index in [0.717, 1.165) is 29.9 Å². The lowest BCUT2D eigenvalue weighted by molar-refractivity contribution is 0.989. The second-order valence-electron chi connectivity index (χ2n) is 13.7. The molecule has 1 aromatic heterocycles. The third-order valence-corrected chi connectivity index (χ3v) is 10.6. The number of hydrogen-bond donors (Lipinski definition) is 0. The van der Waals surface area contributed by atoms with Crippen molar-refractivity contribution in [1.29, 1.82) is 0 Å². The van der Waals surface area contributed by atoms with Crippen LogP contribution in [0.1, 0.15) is 17.5 Å². The summed E-state index contributed by atoms with van der Waals surface area (Å²) in [5, 5.41) is 5.29. The van der Waals surface area contributed by atoms with E-state index in [0.29, 0.717) is 0 Å². The van der Waals surface area contributed by atoms with Crippen LogP contribution >= 0.6 is 0 Å². The average molecular weight is 665 g/mol. The van der Waals surface area contributed by atoms with Gasteiger partial charge in [0, 0.05) is 33.5 Å². The van der Waals surface area contributed by atoms with Gasteiger partial charge in [-0.15, -0.1) is 0 Å². The van der Waals surface area contributed by atoms with Gasteiger partial charge in [0.1, 0.15) is 0 Å². The van der Waals surface area contributed by atoms with Crippen LogP contribution in [-0.2, 0) is 6.42 Å². The van der Waals surface area contributed by atoms with E-state index >= 15 is 0 Å². The van der Waals surface area contributed by atoms with E-state index in [4.69, 9.17) is 0 Å². The fraction of sp³-hybridized carbons (Fsp3) is 0.0400. The lowest BCUT2D eigenvalue weighted by Gasteiger charge is -2.26. The van der Waals surface area contributed by atoms with Gasteiger partial charge >= 0.3 is 0 Å². The molecule has 0 amide bonds. The van der Waals surface area contributed by atoms with Gasteiger partial charge in [-0.1, -0.05) is 133 Å². The molecule has 0 bridgehead atoms. The van der Waals surface area contributed by atoms with Crippen molar-refractivity contribution in [2.75, 3.05) is 4.90 Å². The molecule has 0 saturated carbocycles. The number of para-hydroxylation sites is 1. The zero-order chi connectivity index (χ0) is 34.4. The number of rotatable bonds is 6. The number of nitrogens with zero attached hydrogens (tertiary/aromatic N) is 2. The molecule has 8 aromatic carbocycles. The van der Waals surface area contributed by atoms with Crippen molar-refractivity contribution in [1.82, 2.24) is 4.57 Å². The van der Waals surface area contributed by atoms with Gasteiger partial charge in [-0.3, -0.25) is 0 Å². The molecule has 0 radical (unpaired) electrons. The van der Waals surface area contributed by atoms with Crippen LogP contribution in [-0.4, -0.2) is 4.57 Å². The van der Waals surface area contributed by atoms with Gasteiger partial charge in [-0.2, -0.15) is 0 Å². The number of aromatic nitrogens is 1. The standard InChI is InChI=1S/C50H36N2/c1-3-11-35(12-4-1)36-19-27-42(28-20-36)51(41-15-5-2-6-16-41)43-29-21-37(22-30-43)38-23-31-44(32-24-38)52-47-33-25-39-13-7-9-17-45(39)49(47)50-46-18-10-8-14-40(46)26-34-48(50)52/h1-7,9-13,15-34H,8,14H2. The smallest absolute Gasteiger partial charge is 0.0547 e. The van der Waals surface area contributed by atoms with Gasteiger partial charge in [0.05, 0.1) is 11.0 Å².